The Morgan fingerprint density at radius 2 is 2.06 bits per heavy atom. The lowest BCUT2D eigenvalue weighted by Gasteiger charge is -2.11. The zero-order chi connectivity index (χ0) is 23.5. The topological polar surface area (TPSA) is 103 Å². The number of aryl methyl sites for hydroxylation is 1. The number of aliphatic imine (C=N–C) groups is 1. The fourth-order valence-electron chi connectivity index (χ4n) is 4.29. The SMILES string of the molecule is C=C/C(=N\C(=C/C)c1nncn1C1CC1)NC(=O)c1cc(-n2cnc3c2CCCCC3)ccn1. The van der Waals surface area contributed by atoms with Gasteiger partial charge in [-0.2, -0.15) is 0 Å². The quantitative estimate of drug-likeness (QED) is 0.345. The van der Waals surface area contributed by atoms with Crippen LogP contribution < -0.4 is 5.32 Å². The second kappa shape index (κ2) is 9.54. The van der Waals surface area contributed by atoms with Crippen molar-refractivity contribution in [1.29, 1.82) is 0 Å². The standard InChI is InChI=1S/C25H28N8O/c1-3-19(24-31-28-16-33(24)17-10-11-17)29-23(4-2)30-25(34)21-14-18(12-13-26-21)32-15-27-20-8-6-5-7-9-22(20)32/h3-4,12-17H,2,5-11H2,1H3,(H,29,30,34)/b19-3-. The van der Waals surface area contributed by atoms with E-state index >= 15 is 0 Å². The predicted molar refractivity (Wildman–Crippen MR) is 130 cm³/mol. The second-order valence-corrected chi connectivity index (χ2v) is 8.59. The average molecular weight is 457 g/mol. The van der Waals surface area contributed by atoms with Crippen molar-refractivity contribution in [2.75, 3.05) is 0 Å². The zero-order valence-electron chi connectivity index (χ0n) is 19.3. The Labute approximate surface area is 198 Å². The summed E-state index contributed by atoms with van der Waals surface area (Å²) in [4.78, 5) is 26.5. The van der Waals surface area contributed by atoms with Gasteiger partial charge in [-0.25, -0.2) is 9.98 Å². The molecule has 3 aromatic rings. The van der Waals surface area contributed by atoms with E-state index in [4.69, 9.17) is 0 Å². The molecule has 1 N–H and O–H groups in total. The molecule has 3 heterocycles. The molecule has 0 unspecified atom stereocenters. The van der Waals surface area contributed by atoms with E-state index in [0.717, 1.165) is 43.5 Å². The number of imidazole rings is 1. The summed E-state index contributed by atoms with van der Waals surface area (Å²) < 4.78 is 4.10. The highest BCUT2D eigenvalue weighted by Crippen LogP contribution is 2.36. The van der Waals surface area contributed by atoms with Crippen LogP contribution in [0.1, 0.15) is 72.8 Å². The molecular weight excluding hydrogens is 428 g/mol. The Morgan fingerprint density at radius 3 is 2.85 bits per heavy atom. The lowest BCUT2D eigenvalue weighted by Crippen LogP contribution is -2.30. The molecule has 0 saturated heterocycles. The van der Waals surface area contributed by atoms with Crippen LogP contribution in [0.3, 0.4) is 0 Å². The van der Waals surface area contributed by atoms with Gasteiger partial charge in [-0.05, 0) is 63.7 Å². The van der Waals surface area contributed by atoms with Crippen LogP contribution in [0.15, 0.2) is 54.7 Å². The molecule has 2 aliphatic carbocycles. The molecule has 0 bridgehead atoms. The molecule has 2 aliphatic rings. The Kier molecular flexibility index (Phi) is 6.16. The van der Waals surface area contributed by atoms with E-state index in [2.05, 4.69) is 41.6 Å². The summed E-state index contributed by atoms with van der Waals surface area (Å²) in [6.45, 7) is 5.69. The molecule has 9 nitrogen and oxygen atoms in total. The van der Waals surface area contributed by atoms with Crippen molar-refractivity contribution in [3.63, 3.8) is 0 Å². The van der Waals surface area contributed by atoms with Gasteiger partial charge in [0.05, 0.1) is 17.7 Å². The monoisotopic (exact) mass is 456 g/mol. The number of rotatable bonds is 6. The average Bonchev–Trinajstić information content (AvgIpc) is 3.54. The Bertz CT molecular complexity index is 1280. The number of nitrogens with zero attached hydrogens (tertiary/aromatic N) is 7. The number of pyridine rings is 1. The van der Waals surface area contributed by atoms with Gasteiger partial charge in [0, 0.05) is 17.9 Å². The Morgan fingerprint density at radius 1 is 1.21 bits per heavy atom. The molecule has 9 heteroatoms. The molecule has 0 atom stereocenters. The van der Waals surface area contributed by atoms with Crippen LogP contribution >= 0.6 is 0 Å². The molecule has 0 radical (unpaired) electrons. The fourth-order valence-corrected chi connectivity index (χ4v) is 4.29. The van der Waals surface area contributed by atoms with E-state index < -0.39 is 0 Å². The molecule has 0 aliphatic heterocycles. The highest BCUT2D eigenvalue weighted by molar-refractivity contribution is 6.10. The van der Waals surface area contributed by atoms with Crippen LogP contribution in [0.5, 0.6) is 0 Å². The van der Waals surface area contributed by atoms with Crippen molar-refractivity contribution in [3.05, 3.63) is 72.6 Å². The molecule has 174 valence electrons. The number of carbonyl (C=O) groups is 1. The minimum Gasteiger partial charge on any atom is -0.309 e. The van der Waals surface area contributed by atoms with Gasteiger partial charge in [-0.15, -0.1) is 10.2 Å². The zero-order valence-corrected chi connectivity index (χ0v) is 19.3. The van der Waals surface area contributed by atoms with Crippen LogP contribution in [-0.4, -0.2) is 41.0 Å². The first-order valence-electron chi connectivity index (χ1n) is 11.8. The summed E-state index contributed by atoms with van der Waals surface area (Å²) in [7, 11) is 0. The van der Waals surface area contributed by atoms with E-state index in [0.29, 0.717) is 29.1 Å². The first-order valence-corrected chi connectivity index (χ1v) is 11.8. The summed E-state index contributed by atoms with van der Waals surface area (Å²) in [6.07, 6.45) is 16.3. The third-order valence-corrected chi connectivity index (χ3v) is 6.23. The summed E-state index contributed by atoms with van der Waals surface area (Å²) in [5, 5.41) is 11.1. The maximum atomic E-state index is 13.0. The van der Waals surface area contributed by atoms with Gasteiger partial charge in [0.2, 0.25) is 0 Å². The Balaban J connectivity index is 1.37. The lowest BCUT2D eigenvalue weighted by atomic mass is 10.2. The predicted octanol–water partition coefficient (Wildman–Crippen LogP) is 3.84. The smallest absolute Gasteiger partial charge is 0.275 e. The van der Waals surface area contributed by atoms with Gasteiger partial charge in [-0.3, -0.25) is 9.78 Å². The van der Waals surface area contributed by atoms with Gasteiger partial charge in [-0.1, -0.05) is 19.1 Å². The minimum absolute atomic E-state index is 0.297. The van der Waals surface area contributed by atoms with Crippen molar-refractivity contribution in [3.8, 4) is 5.69 Å². The molecular formula is C25H28N8O. The highest BCUT2D eigenvalue weighted by Gasteiger charge is 2.27. The fraction of sp³-hybridized carbons (Fsp3) is 0.360. The highest BCUT2D eigenvalue weighted by atomic mass is 16.1. The molecule has 5 rings (SSSR count). The van der Waals surface area contributed by atoms with Gasteiger partial charge in [0.1, 0.15) is 23.6 Å². The molecule has 0 aromatic carbocycles. The molecule has 1 amide bonds. The molecule has 1 saturated carbocycles. The number of hydrogen-bond donors (Lipinski definition) is 1. The van der Waals surface area contributed by atoms with Crippen molar-refractivity contribution >= 4 is 17.4 Å². The number of hydrogen-bond acceptors (Lipinski definition) is 6. The maximum absolute atomic E-state index is 13.0. The van der Waals surface area contributed by atoms with E-state index in [-0.39, 0.29) is 5.91 Å². The van der Waals surface area contributed by atoms with Crippen LogP contribution in [-0.2, 0) is 12.8 Å². The number of fused-ring (bicyclic) bond motifs is 1. The van der Waals surface area contributed by atoms with Crippen molar-refractivity contribution in [2.45, 2.75) is 57.9 Å². The molecule has 3 aromatic heterocycles. The van der Waals surface area contributed by atoms with E-state index in [9.17, 15) is 4.79 Å². The largest absolute Gasteiger partial charge is 0.309 e. The minimum atomic E-state index is -0.356. The summed E-state index contributed by atoms with van der Waals surface area (Å²) in [6, 6.07) is 4.10. The number of carbonyl (C=O) groups excluding carboxylic acids is 1. The number of amidine groups is 1. The summed E-state index contributed by atoms with van der Waals surface area (Å²) in [5.41, 5.74) is 4.17. The van der Waals surface area contributed by atoms with Gasteiger partial charge in [0.15, 0.2) is 5.82 Å². The third kappa shape index (κ3) is 4.46. The number of nitrogens with one attached hydrogen (secondary N) is 1. The van der Waals surface area contributed by atoms with Gasteiger partial charge < -0.3 is 14.5 Å². The van der Waals surface area contributed by atoms with E-state index in [1.165, 1.54) is 24.6 Å². The van der Waals surface area contributed by atoms with Crippen molar-refractivity contribution in [2.24, 2.45) is 4.99 Å². The summed E-state index contributed by atoms with van der Waals surface area (Å²) in [5.74, 6) is 0.650. The van der Waals surface area contributed by atoms with Crippen LogP contribution in [0.2, 0.25) is 0 Å². The van der Waals surface area contributed by atoms with Crippen LogP contribution in [0, 0.1) is 0 Å². The van der Waals surface area contributed by atoms with Crippen LogP contribution in [0.25, 0.3) is 11.4 Å². The molecule has 1 fully saturated rings. The first-order chi connectivity index (χ1) is 16.7. The lowest BCUT2D eigenvalue weighted by molar-refractivity contribution is 0.0972. The van der Waals surface area contributed by atoms with E-state index in [1.54, 1.807) is 18.6 Å². The van der Waals surface area contributed by atoms with Crippen molar-refractivity contribution in [1.82, 2.24) is 34.6 Å². The third-order valence-electron chi connectivity index (χ3n) is 6.23. The number of amides is 1. The van der Waals surface area contributed by atoms with Gasteiger partial charge in [0.25, 0.3) is 5.91 Å². The van der Waals surface area contributed by atoms with Gasteiger partial charge >= 0.3 is 0 Å². The van der Waals surface area contributed by atoms with Crippen molar-refractivity contribution < 1.29 is 4.79 Å². The Hall–Kier alpha value is -3.88. The molecule has 0 spiro atoms. The normalized spacial score (nSPS) is 16.6. The van der Waals surface area contributed by atoms with E-state index in [1.807, 2.05) is 30.0 Å². The second-order valence-electron chi connectivity index (χ2n) is 8.59. The number of allylic oxidation sites excluding steroid dienone is 1. The first kappa shape index (κ1) is 21.9. The maximum Gasteiger partial charge on any atom is 0.275 e. The number of aromatic nitrogens is 6. The molecule has 34 heavy (non-hydrogen) atoms. The summed E-state index contributed by atoms with van der Waals surface area (Å²) >= 11 is 0. The van der Waals surface area contributed by atoms with Crippen LogP contribution in [0.4, 0.5) is 0 Å².